The smallest absolute Gasteiger partial charge is 0.188 e. The number of nitrogens with zero attached hydrogens (tertiary/aromatic N) is 3. The summed E-state index contributed by atoms with van der Waals surface area (Å²) < 4.78 is 0. The van der Waals surface area contributed by atoms with Crippen molar-refractivity contribution in [1.29, 1.82) is 0 Å². The Kier molecular flexibility index (Phi) is 2.81. The molecule has 0 aromatic carbocycles. The van der Waals surface area contributed by atoms with Gasteiger partial charge in [-0.1, -0.05) is 17.6 Å². The van der Waals surface area contributed by atoms with E-state index in [9.17, 15) is 0 Å². The van der Waals surface area contributed by atoms with Gasteiger partial charge in [0, 0.05) is 13.1 Å². The summed E-state index contributed by atoms with van der Waals surface area (Å²) in [6, 6.07) is 5.66. The number of oxime groups is 1. The lowest BCUT2D eigenvalue weighted by Crippen LogP contribution is -2.23. The van der Waals surface area contributed by atoms with E-state index in [0.29, 0.717) is 5.69 Å². The van der Waals surface area contributed by atoms with Crippen molar-refractivity contribution in [1.82, 2.24) is 4.98 Å². The molecule has 2 unspecified atom stereocenters. The molecular formula is C13H18N4O. The van der Waals surface area contributed by atoms with Gasteiger partial charge in [-0.25, -0.2) is 4.98 Å². The molecule has 0 bridgehead atoms. The van der Waals surface area contributed by atoms with E-state index >= 15 is 0 Å². The molecule has 0 amide bonds. The number of hydrogen-bond donors (Lipinski definition) is 2. The van der Waals surface area contributed by atoms with E-state index in [1.807, 2.05) is 12.1 Å². The fourth-order valence-corrected chi connectivity index (χ4v) is 3.22. The molecule has 5 nitrogen and oxygen atoms in total. The van der Waals surface area contributed by atoms with Crippen LogP contribution in [0.2, 0.25) is 0 Å². The van der Waals surface area contributed by atoms with Crippen LogP contribution in [0.1, 0.15) is 25.0 Å². The van der Waals surface area contributed by atoms with Crippen molar-refractivity contribution in [2.75, 3.05) is 18.0 Å². The van der Waals surface area contributed by atoms with Crippen LogP contribution in [0, 0.1) is 11.8 Å². The minimum Gasteiger partial charge on any atom is -0.409 e. The maximum Gasteiger partial charge on any atom is 0.188 e. The Morgan fingerprint density at radius 1 is 1.33 bits per heavy atom. The van der Waals surface area contributed by atoms with Gasteiger partial charge in [0.1, 0.15) is 11.5 Å². The average molecular weight is 246 g/mol. The van der Waals surface area contributed by atoms with E-state index in [4.69, 9.17) is 10.9 Å². The van der Waals surface area contributed by atoms with E-state index in [2.05, 4.69) is 15.0 Å². The summed E-state index contributed by atoms with van der Waals surface area (Å²) in [4.78, 5) is 6.78. The Morgan fingerprint density at radius 2 is 2.06 bits per heavy atom. The third kappa shape index (κ3) is 1.89. The zero-order valence-corrected chi connectivity index (χ0v) is 10.3. The van der Waals surface area contributed by atoms with Crippen LogP contribution in [-0.4, -0.2) is 29.1 Å². The zero-order valence-electron chi connectivity index (χ0n) is 10.3. The molecule has 1 aliphatic heterocycles. The Labute approximate surface area is 106 Å². The van der Waals surface area contributed by atoms with Gasteiger partial charge in [0.25, 0.3) is 0 Å². The fraction of sp³-hybridized carbons (Fsp3) is 0.538. The largest absolute Gasteiger partial charge is 0.409 e. The van der Waals surface area contributed by atoms with Gasteiger partial charge < -0.3 is 15.8 Å². The van der Waals surface area contributed by atoms with Gasteiger partial charge in [0.2, 0.25) is 0 Å². The van der Waals surface area contributed by atoms with Gasteiger partial charge in [-0.15, -0.1) is 0 Å². The van der Waals surface area contributed by atoms with Crippen molar-refractivity contribution in [2.24, 2.45) is 22.7 Å². The molecule has 1 aliphatic carbocycles. The lowest BCUT2D eigenvalue weighted by Gasteiger charge is -2.18. The average Bonchev–Trinajstić information content (AvgIpc) is 2.98. The minimum absolute atomic E-state index is 0.0660. The molecule has 1 saturated heterocycles. The lowest BCUT2D eigenvalue weighted by atomic mass is 10.0. The molecule has 1 aromatic rings. The Balaban J connectivity index is 1.81. The van der Waals surface area contributed by atoms with Gasteiger partial charge in [0.15, 0.2) is 5.84 Å². The van der Waals surface area contributed by atoms with Crippen LogP contribution in [-0.2, 0) is 0 Å². The van der Waals surface area contributed by atoms with E-state index in [1.165, 1.54) is 19.3 Å². The highest BCUT2D eigenvalue weighted by molar-refractivity contribution is 5.95. The predicted octanol–water partition coefficient (Wildman–Crippen LogP) is 1.41. The van der Waals surface area contributed by atoms with Gasteiger partial charge in [-0.05, 0) is 36.8 Å². The molecule has 2 atom stereocenters. The van der Waals surface area contributed by atoms with E-state index in [1.54, 1.807) is 6.07 Å². The number of amidine groups is 1. The standard InChI is InChI=1S/C13H18N4O/c14-13(16-18)11-5-2-6-12(15-11)17-7-9-3-1-4-10(9)8-17/h2,5-6,9-10,18H,1,3-4,7-8H2,(H2,14,16). The topological polar surface area (TPSA) is 74.7 Å². The van der Waals surface area contributed by atoms with Gasteiger partial charge in [-0.2, -0.15) is 0 Å². The van der Waals surface area contributed by atoms with Crippen LogP contribution < -0.4 is 10.6 Å². The first-order valence-electron chi connectivity index (χ1n) is 6.48. The third-order valence-corrected chi connectivity index (χ3v) is 4.15. The first-order chi connectivity index (χ1) is 8.78. The molecule has 2 aliphatic rings. The maximum atomic E-state index is 8.69. The first kappa shape index (κ1) is 11.3. The molecular weight excluding hydrogens is 228 g/mol. The van der Waals surface area contributed by atoms with Gasteiger partial charge in [0.05, 0.1) is 0 Å². The number of anilines is 1. The number of rotatable bonds is 2. The predicted molar refractivity (Wildman–Crippen MR) is 69.8 cm³/mol. The maximum absolute atomic E-state index is 8.69. The number of pyridine rings is 1. The van der Waals surface area contributed by atoms with Crippen molar-refractivity contribution < 1.29 is 5.21 Å². The molecule has 1 saturated carbocycles. The Bertz CT molecular complexity index is 462. The normalized spacial score (nSPS) is 27.6. The number of aromatic nitrogens is 1. The molecule has 3 N–H and O–H groups in total. The molecule has 2 heterocycles. The van der Waals surface area contributed by atoms with E-state index < -0.39 is 0 Å². The summed E-state index contributed by atoms with van der Waals surface area (Å²) in [5.74, 6) is 2.67. The molecule has 0 spiro atoms. The molecule has 5 heteroatoms. The molecule has 96 valence electrons. The Morgan fingerprint density at radius 3 is 2.72 bits per heavy atom. The second-order valence-electron chi connectivity index (χ2n) is 5.22. The molecule has 2 fully saturated rings. The van der Waals surface area contributed by atoms with Crippen molar-refractivity contribution in [3.63, 3.8) is 0 Å². The monoisotopic (exact) mass is 246 g/mol. The van der Waals surface area contributed by atoms with Crippen LogP contribution in [0.5, 0.6) is 0 Å². The van der Waals surface area contributed by atoms with E-state index in [-0.39, 0.29) is 5.84 Å². The second kappa shape index (κ2) is 4.48. The van der Waals surface area contributed by atoms with Crippen molar-refractivity contribution >= 4 is 11.7 Å². The summed E-state index contributed by atoms with van der Waals surface area (Å²) in [6.45, 7) is 2.19. The summed E-state index contributed by atoms with van der Waals surface area (Å²) in [5.41, 5.74) is 6.11. The number of fused-ring (bicyclic) bond motifs is 1. The van der Waals surface area contributed by atoms with E-state index in [0.717, 1.165) is 30.7 Å². The number of hydrogen-bond acceptors (Lipinski definition) is 4. The van der Waals surface area contributed by atoms with Crippen molar-refractivity contribution in [3.8, 4) is 0 Å². The third-order valence-electron chi connectivity index (χ3n) is 4.15. The first-order valence-corrected chi connectivity index (χ1v) is 6.48. The zero-order chi connectivity index (χ0) is 12.5. The Hall–Kier alpha value is -1.78. The highest BCUT2D eigenvalue weighted by Crippen LogP contribution is 2.38. The number of nitrogens with two attached hydrogens (primary N) is 1. The second-order valence-corrected chi connectivity index (χ2v) is 5.22. The van der Waals surface area contributed by atoms with Crippen molar-refractivity contribution in [2.45, 2.75) is 19.3 Å². The van der Waals surface area contributed by atoms with Crippen LogP contribution in [0.15, 0.2) is 23.4 Å². The van der Waals surface area contributed by atoms with Crippen LogP contribution in [0.3, 0.4) is 0 Å². The molecule has 1 aromatic heterocycles. The minimum atomic E-state index is 0.0660. The van der Waals surface area contributed by atoms with Crippen molar-refractivity contribution in [3.05, 3.63) is 23.9 Å². The summed E-state index contributed by atoms with van der Waals surface area (Å²) in [6.07, 6.45) is 4.07. The fourth-order valence-electron chi connectivity index (χ4n) is 3.22. The lowest BCUT2D eigenvalue weighted by molar-refractivity contribution is 0.318. The quantitative estimate of drug-likeness (QED) is 0.358. The molecule has 3 rings (SSSR count). The summed E-state index contributed by atoms with van der Waals surface area (Å²) in [7, 11) is 0. The van der Waals surface area contributed by atoms with Crippen LogP contribution in [0.4, 0.5) is 5.82 Å². The van der Waals surface area contributed by atoms with Gasteiger partial charge in [-0.3, -0.25) is 0 Å². The van der Waals surface area contributed by atoms with Crippen LogP contribution >= 0.6 is 0 Å². The highest BCUT2D eigenvalue weighted by Gasteiger charge is 2.36. The summed E-state index contributed by atoms with van der Waals surface area (Å²) >= 11 is 0. The summed E-state index contributed by atoms with van der Waals surface area (Å²) in [5, 5.41) is 11.7. The molecule has 0 radical (unpaired) electrons. The molecule has 18 heavy (non-hydrogen) atoms. The van der Waals surface area contributed by atoms with Gasteiger partial charge >= 0.3 is 0 Å². The van der Waals surface area contributed by atoms with Crippen LogP contribution in [0.25, 0.3) is 0 Å². The highest BCUT2D eigenvalue weighted by atomic mass is 16.4. The SMILES string of the molecule is N/C(=N/O)c1cccc(N2CC3CCCC3C2)n1.